The van der Waals surface area contributed by atoms with Gasteiger partial charge >= 0.3 is 0 Å². The van der Waals surface area contributed by atoms with Crippen LogP contribution in [0.3, 0.4) is 0 Å². The number of halogens is 2. The molecule has 0 unspecified atom stereocenters. The maximum Gasteiger partial charge on any atom is 0.227 e. The van der Waals surface area contributed by atoms with E-state index in [1.807, 2.05) is 19.9 Å². The Kier molecular flexibility index (Phi) is 6.65. The number of aromatic nitrogens is 2. The van der Waals surface area contributed by atoms with E-state index in [1.165, 1.54) is 21.7 Å². The maximum atomic E-state index is 15.0. The van der Waals surface area contributed by atoms with Crippen molar-refractivity contribution in [1.29, 1.82) is 0 Å². The molecule has 0 amide bonds. The number of nitrogens with one attached hydrogen (secondary N) is 1. The Morgan fingerprint density at radius 2 is 1.89 bits per heavy atom. The second kappa shape index (κ2) is 10.1. The van der Waals surface area contributed by atoms with Crippen LogP contribution in [0.4, 0.5) is 26.1 Å². The van der Waals surface area contributed by atoms with Gasteiger partial charge in [-0.3, -0.25) is 0 Å². The summed E-state index contributed by atoms with van der Waals surface area (Å²) in [5.41, 5.74) is 3.22. The highest BCUT2D eigenvalue weighted by Gasteiger charge is 2.26. The summed E-state index contributed by atoms with van der Waals surface area (Å²) in [7, 11) is 2.17. The number of anilines is 3. The number of likely N-dealkylation sites (tertiary alicyclic amines) is 1. The molecule has 6 rings (SSSR count). The number of hydrogen-bond acceptors (Lipinski definition) is 7. The summed E-state index contributed by atoms with van der Waals surface area (Å²) < 4.78 is 36.8. The van der Waals surface area contributed by atoms with E-state index in [-0.39, 0.29) is 23.4 Å². The average Bonchev–Trinajstić information content (AvgIpc) is 3.33. The second-order valence-electron chi connectivity index (χ2n) is 10.4. The first kappa shape index (κ1) is 25.0. The summed E-state index contributed by atoms with van der Waals surface area (Å²) in [5.74, 6) is -0.129. The molecular weight excluding hydrogens is 504 g/mol. The molecule has 6 nitrogen and oxygen atoms in total. The van der Waals surface area contributed by atoms with Gasteiger partial charge in [-0.15, -0.1) is 11.3 Å². The quantitative estimate of drug-likeness (QED) is 0.304. The largest absolute Gasteiger partial charge is 0.486 e. The molecule has 0 atom stereocenters. The van der Waals surface area contributed by atoms with Crippen molar-refractivity contribution in [2.24, 2.45) is 0 Å². The molecule has 4 heterocycles. The van der Waals surface area contributed by atoms with Crippen molar-refractivity contribution in [3.8, 4) is 17.0 Å². The van der Waals surface area contributed by atoms with Crippen LogP contribution in [-0.2, 0) is 0 Å². The number of fused-ring (bicyclic) bond motifs is 2. The molecule has 2 aromatic carbocycles. The van der Waals surface area contributed by atoms with E-state index in [2.05, 4.69) is 49.6 Å². The molecule has 9 heteroatoms. The number of hydrogen-bond donors (Lipinski definition) is 1. The number of thiophene rings is 1. The van der Waals surface area contributed by atoms with Crippen LogP contribution < -0.4 is 15.0 Å². The lowest BCUT2D eigenvalue weighted by atomic mass is 9.89. The van der Waals surface area contributed by atoms with Gasteiger partial charge in [-0.25, -0.2) is 18.7 Å². The van der Waals surface area contributed by atoms with Gasteiger partial charge < -0.3 is 19.9 Å². The minimum absolute atomic E-state index is 0.0436. The minimum atomic E-state index is -0.611. The van der Waals surface area contributed by atoms with Gasteiger partial charge in [0.05, 0.1) is 18.4 Å². The maximum absolute atomic E-state index is 15.0. The summed E-state index contributed by atoms with van der Waals surface area (Å²) in [6.45, 7) is 7.33. The number of nitrogens with zero attached hydrogens (tertiary/aromatic N) is 4. The first-order valence-corrected chi connectivity index (χ1v) is 14.0. The highest BCUT2D eigenvalue weighted by molar-refractivity contribution is 7.17. The minimum Gasteiger partial charge on any atom is -0.486 e. The molecule has 0 radical (unpaired) electrons. The van der Waals surface area contributed by atoms with Crippen LogP contribution in [0.2, 0.25) is 0 Å². The monoisotopic (exact) mass is 535 g/mol. The molecular formula is C29H31F2N5OS. The highest BCUT2D eigenvalue weighted by atomic mass is 32.1. The fourth-order valence-corrected chi connectivity index (χ4v) is 6.52. The SMILES string of the molecule is CC(C)N1CCOc2c(F)cc(-c3nc(Nc4ccc5scc(C6CCN(C)CC6)c5c4)ncc3F)cc21. The van der Waals surface area contributed by atoms with Gasteiger partial charge in [0, 0.05) is 22.0 Å². The zero-order valence-corrected chi connectivity index (χ0v) is 22.6. The molecule has 2 aromatic heterocycles. The van der Waals surface area contributed by atoms with E-state index in [4.69, 9.17) is 4.74 Å². The van der Waals surface area contributed by atoms with Crippen molar-refractivity contribution in [3.05, 3.63) is 59.1 Å². The van der Waals surface area contributed by atoms with E-state index < -0.39 is 11.6 Å². The Balaban J connectivity index is 1.31. The summed E-state index contributed by atoms with van der Waals surface area (Å²) in [5, 5.41) is 6.76. The predicted octanol–water partition coefficient (Wildman–Crippen LogP) is 6.80. The smallest absolute Gasteiger partial charge is 0.227 e. The third-order valence-electron chi connectivity index (χ3n) is 7.57. The van der Waals surface area contributed by atoms with Gasteiger partial charge in [0.1, 0.15) is 12.3 Å². The van der Waals surface area contributed by atoms with Crippen LogP contribution in [0.25, 0.3) is 21.3 Å². The van der Waals surface area contributed by atoms with Crippen LogP contribution in [0, 0.1) is 11.6 Å². The third-order valence-corrected chi connectivity index (χ3v) is 8.55. The molecule has 4 aromatic rings. The van der Waals surface area contributed by atoms with Crippen molar-refractivity contribution in [2.75, 3.05) is 43.5 Å². The van der Waals surface area contributed by atoms with Crippen molar-refractivity contribution >= 4 is 38.7 Å². The van der Waals surface area contributed by atoms with Crippen LogP contribution in [0.5, 0.6) is 5.75 Å². The first-order valence-electron chi connectivity index (χ1n) is 13.1. The summed E-state index contributed by atoms with van der Waals surface area (Å²) in [4.78, 5) is 13.1. The van der Waals surface area contributed by atoms with Crippen LogP contribution in [0.1, 0.15) is 38.2 Å². The van der Waals surface area contributed by atoms with Crippen LogP contribution in [-0.4, -0.2) is 54.2 Å². The average molecular weight is 536 g/mol. The summed E-state index contributed by atoms with van der Waals surface area (Å²) >= 11 is 1.77. The van der Waals surface area contributed by atoms with Gasteiger partial charge in [-0.2, -0.15) is 0 Å². The predicted molar refractivity (Wildman–Crippen MR) is 150 cm³/mol. The second-order valence-corrected chi connectivity index (χ2v) is 11.3. The van der Waals surface area contributed by atoms with Gasteiger partial charge in [0.15, 0.2) is 17.4 Å². The van der Waals surface area contributed by atoms with Gasteiger partial charge in [0.2, 0.25) is 5.95 Å². The molecule has 38 heavy (non-hydrogen) atoms. The van der Waals surface area contributed by atoms with E-state index in [0.29, 0.717) is 30.3 Å². The van der Waals surface area contributed by atoms with E-state index in [9.17, 15) is 4.39 Å². The highest BCUT2D eigenvalue weighted by Crippen LogP contribution is 2.40. The molecule has 0 spiro atoms. The van der Waals surface area contributed by atoms with Gasteiger partial charge in [0.25, 0.3) is 0 Å². The number of benzene rings is 2. The number of ether oxygens (including phenoxy) is 1. The Hall–Kier alpha value is -3.30. The van der Waals surface area contributed by atoms with Crippen LogP contribution >= 0.6 is 11.3 Å². The molecule has 0 aliphatic carbocycles. The van der Waals surface area contributed by atoms with E-state index >= 15 is 4.39 Å². The topological polar surface area (TPSA) is 53.5 Å². The van der Waals surface area contributed by atoms with Gasteiger partial charge in [-0.1, -0.05) is 0 Å². The zero-order valence-electron chi connectivity index (χ0n) is 21.8. The molecule has 1 fully saturated rings. The molecule has 2 aliphatic rings. The molecule has 198 valence electrons. The van der Waals surface area contributed by atoms with Crippen molar-refractivity contribution in [1.82, 2.24) is 14.9 Å². The van der Waals surface area contributed by atoms with Crippen molar-refractivity contribution in [2.45, 2.75) is 38.6 Å². The third kappa shape index (κ3) is 4.69. The summed E-state index contributed by atoms with van der Waals surface area (Å²) in [6, 6.07) is 9.39. The number of rotatable bonds is 5. The normalized spacial score (nSPS) is 16.6. The molecule has 0 bridgehead atoms. The molecule has 2 aliphatic heterocycles. The molecule has 1 N–H and O–H groups in total. The Bertz CT molecular complexity index is 1480. The zero-order chi connectivity index (χ0) is 26.4. The fourth-order valence-electron chi connectivity index (χ4n) is 5.50. The Labute approximate surface area is 225 Å². The lowest BCUT2D eigenvalue weighted by Gasteiger charge is -2.34. The summed E-state index contributed by atoms with van der Waals surface area (Å²) in [6.07, 6.45) is 3.44. The van der Waals surface area contributed by atoms with Crippen molar-refractivity contribution < 1.29 is 13.5 Å². The Morgan fingerprint density at radius 1 is 1.08 bits per heavy atom. The fraction of sp³-hybridized carbons (Fsp3) is 0.379. The van der Waals surface area contributed by atoms with Crippen molar-refractivity contribution in [3.63, 3.8) is 0 Å². The molecule has 0 saturated carbocycles. The lowest BCUT2D eigenvalue weighted by molar-refractivity contribution is 0.256. The van der Waals surface area contributed by atoms with Crippen LogP contribution in [0.15, 0.2) is 41.9 Å². The molecule has 1 saturated heterocycles. The van der Waals surface area contributed by atoms with E-state index in [0.717, 1.165) is 37.8 Å². The standard InChI is InChI=1S/C29H31F2N5OS/c1-17(2)36-10-11-37-28-23(30)12-19(13-25(28)36)27-24(31)15-32-29(34-27)33-20-4-5-26-21(14-20)22(16-38-26)18-6-8-35(3)9-7-18/h4-5,12-18H,6-11H2,1-3H3,(H,32,33,34). The lowest BCUT2D eigenvalue weighted by Crippen LogP contribution is -2.38. The number of piperidine rings is 1. The Morgan fingerprint density at radius 3 is 2.68 bits per heavy atom. The van der Waals surface area contributed by atoms with E-state index in [1.54, 1.807) is 17.4 Å². The van der Waals surface area contributed by atoms with Gasteiger partial charge in [-0.05, 0) is 99.4 Å². The first-order chi connectivity index (χ1) is 18.4.